The predicted octanol–water partition coefficient (Wildman–Crippen LogP) is 4.69. The molecule has 0 spiro atoms. The second-order valence-corrected chi connectivity index (χ2v) is 8.99. The Balaban J connectivity index is 1.61. The minimum atomic E-state index is -0.122. The molecule has 1 atom stereocenters. The molecule has 2 aromatic carbocycles. The predicted molar refractivity (Wildman–Crippen MR) is 126 cm³/mol. The summed E-state index contributed by atoms with van der Waals surface area (Å²) in [6.45, 7) is 3.06. The molecule has 2 fully saturated rings. The number of amides is 1. The van der Waals surface area contributed by atoms with Crippen LogP contribution in [0.2, 0.25) is 5.02 Å². The molecule has 0 aliphatic carbocycles. The van der Waals surface area contributed by atoms with Crippen LogP contribution in [0.5, 0.6) is 0 Å². The quantitative estimate of drug-likeness (QED) is 0.649. The number of halogens is 1. The highest BCUT2D eigenvalue weighted by Gasteiger charge is 2.32. The number of H-pyrrole nitrogens is 1. The van der Waals surface area contributed by atoms with E-state index in [0.29, 0.717) is 17.3 Å². The van der Waals surface area contributed by atoms with Crippen molar-refractivity contribution in [1.29, 1.82) is 0 Å². The topological polar surface area (TPSA) is 56.4 Å². The third-order valence-electron chi connectivity index (χ3n) is 6.52. The number of hydrogen-bond acceptors (Lipinski definition) is 3. The van der Waals surface area contributed by atoms with Crippen LogP contribution in [0.3, 0.4) is 0 Å². The summed E-state index contributed by atoms with van der Waals surface area (Å²) < 4.78 is 0. The lowest BCUT2D eigenvalue weighted by molar-refractivity contribution is -0.134. The largest absolute Gasteiger partial charge is 0.366 e. The monoisotopic (exact) mass is 435 g/mol. The van der Waals surface area contributed by atoms with E-state index in [1.54, 1.807) is 6.07 Å². The van der Waals surface area contributed by atoms with Gasteiger partial charge in [-0.15, -0.1) is 0 Å². The van der Waals surface area contributed by atoms with E-state index in [0.717, 1.165) is 67.3 Å². The third-order valence-corrected chi connectivity index (χ3v) is 6.75. The van der Waals surface area contributed by atoms with Gasteiger partial charge in [-0.05, 0) is 49.4 Å². The molecule has 1 aromatic heterocycles. The number of nitrogens with zero attached hydrogens (tertiary/aromatic N) is 2. The highest BCUT2D eigenvalue weighted by atomic mass is 35.5. The number of rotatable bonds is 3. The lowest BCUT2D eigenvalue weighted by Crippen LogP contribution is -2.45. The number of nitrogens with one attached hydrogen (secondary N) is 1. The zero-order chi connectivity index (χ0) is 21.4. The highest BCUT2D eigenvalue weighted by Crippen LogP contribution is 2.37. The van der Waals surface area contributed by atoms with Crippen LogP contribution in [0.25, 0.3) is 22.0 Å². The molecule has 6 heteroatoms. The Bertz CT molecular complexity index is 1170. The van der Waals surface area contributed by atoms with Gasteiger partial charge in [0, 0.05) is 47.7 Å². The lowest BCUT2D eigenvalue weighted by Gasteiger charge is -2.36. The Morgan fingerprint density at radius 1 is 1.00 bits per heavy atom. The lowest BCUT2D eigenvalue weighted by atomic mass is 9.93. The van der Waals surface area contributed by atoms with E-state index < -0.39 is 0 Å². The Hall–Kier alpha value is -2.79. The average molecular weight is 436 g/mol. The van der Waals surface area contributed by atoms with Gasteiger partial charge in [-0.25, -0.2) is 0 Å². The maximum Gasteiger partial charge on any atom is 0.272 e. The standard InChI is InChI=1S/C25H26ClN3O2/c26-19-10-11-21-20(15-19)22(17-7-2-1-3-8-17)23(24(30)27-21)29-14-6-9-18(16-29)25(31)28-12-4-5-13-28/h1-3,7-8,10-11,15,18H,4-6,9,12-14,16H2,(H,27,30)/t18-/m1/s1. The zero-order valence-corrected chi connectivity index (χ0v) is 18.2. The molecule has 2 aliphatic rings. The van der Waals surface area contributed by atoms with E-state index in [9.17, 15) is 9.59 Å². The average Bonchev–Trinajstić information content (AvgIpc) is 3.34. The maximum atomic E-state index is 13.3. The second-order valence-electron chi connectivity index (χ2n) is 8.55. The molecule has 160 valence electrons. The van der Waals surface area contributed by atoms with Crippen LogP contribution in [0, 0.1) is 5.92 Å². The molecule has 2 aliphatic heterocycles. The van der Waals surface area contributed by atoms with Gasteiger partial charge in [0.05, 0.1) is 5.92 Å². The molecule has 3 aromatic rings. The van der Waals surface area contributed by atoms with Gasteiger partial charge in [-0.2, -0.15) is 0 Å². The highest BCUT2D eigenvalue weighted by molar-refractivity contribution is 6.31. The summed E-state index contributed by atoms with van der Waals surface area (Å²) >= 11 is 6.34. The Kier molecular flexibility index (Phi) is 5.45. The fraction of sp³-hybridized carbons (Fsp3) is 0.360. The zero-order valence-electron chi connectivity index (χ0n) is 17.4. The number of pyridine rings is 1. The number of fused-ring (bicyclic) bond motifs is 1. The summed E-state index contributed by atoms with van der Waals surface area (Å²) in [5.41, 5.74) is 3.14. The van der Waals surface area contributed by atoms with E-state index in [4.69, 9.17) is 11.6 Å². The molecule has 0 bridgehead atoms. The van der Waals surface area contributed by atoms with E-state index in [-0.39, 0.29) is 17.4 Å². The first-order valence-electron chi connectivity index (χ1n) is 11.1. The first-order chi connectivity index (χ1) is 15.1. The Labute approximate surface area is 186 Å². The molecule has 31 heavy (non-hydrogen) atoms. The number of aromatic amines is 1. The van der Waals surface area contributed by atoms with Crippen molar-refractivity contribution >= 4 is 34.1 Å². The van der Waals surface area contributed by atoms with Gasteiger partial charge < -0.3 is 14.8 Å². The Morgan fingerprint density at radius 3 is 2.55 bits per heavy atom. The minimum Gasteiger partial charge on any atom is -0.366 e. The van der Waals surface area contributed by atoms with E-state index in [2.05, 4.69) is 9.88 Å². The normalized spacial score (nSPS) is 19.2. The van der Waals surface area contributed by atoms with Crippen LogP contribution in [0.1, 0.15) is 25.7 Å². The van der Waals surface area contributed by atoms with Crippen molar-refractivity contribution in [3.63, 3.8) is 0 Å². The summed E-state index contributed by atoms with van der Waals surface area (Å²) in [6, 6.07) is 15.5. The van der Waals surface area contributed by atoms with Crippen LogP contribution in [-0.2, 0) is 4.79 Å². The molecule has 5 nitrogen and oxygen atoms in total. The third kappa shape index (κ3) is 3.83. The van der Waals surface area contributed by atoms with Crippen molar-refractivity contribution in [1.82, 2.24) is 9.88 Å². The van der Waals surface area contributed by atoms with Crippen LogP contribution in [0.4, 0.5) is 5.69 Å². The Morgan fingerprint density at radius 2 is 1.77 bits per heavy atom. The van der Waals surface area contributed by atoms with Gasteiger partial charge in [0.2, 0.25) is 5.91 Å². The number of carbonyl (C=O) groups is 1. The van der Waals surface area contributed by atoms with Gasteiger partial charge in [0.1, 0.15) is 5.69 Å². The molecule has 0 radical (unpaired) electrons. The molecule has 2 saturated heterocycles. The van der Waals surface area contributed by atoms with Crippen LogP contribution >= 0.6 is 11.6 Å². The number of benzene rings is 2. The molecule has 0 unspecified atom stereocenters. The smallest absolute Gasteiger partial charge is 0.272 e. The molecular formula is C25H26ClN3O2. The summed E-state index contributed by atoms with van der Waals surface area (Å²) in [4.78, 5) is 33.5. The van der Waals surface area contributed by atoms with Gasteiger partial charge in [-0.3, -0.25) is 9.59 Å². The van der Waals surface area contributed by atoms with Crippen molar-refractivity contribution < 1.29 is 4.79 Å². The molecule has 3 heterocycles. The number of hydrogen-bond donors (Lipinski definition) is 1. The summed E-state index contributed by atoms with van der Waals surface area (Å²) in [5, 5.41) is 1.55. The van der Waals surface area contributed by atoms with Crippen LogP contribution in [-0.4, -0.2) is 42.0 Å². The molecule has 0 saturated carbocycles. The molecular weight excluding hydrogens is 410 g/mol. The van der Waals surface area contributed by atoms with Crippen LogP contribution in [0.15, 0.2) is 53.3 Å². The molecule has 5 rings (SSSR count). The summed E-state index contributed by atoms with van der Waals surface area (Å²) in [5.74, 6) is 0.175. The van der Waals surface area contributed by atoms with E-state index in [1.807, 2.05) is 47.4 Å². The first-order valence-corrected chi connectivity index (χ1v) is 11.4. The number of aromatic nitrogens is 1. The summed E-state index contributed by atoms with van der Waals surface area (Å²) in [6.07, 6.45) is 3.95. The van der Waals surface area contributed by atoms with Gasteiger partial charge >= 0.3 is 0 Å². The SMILES string of the molecule is O=C([C@@H]1CCCN(c2c(-c3ccccc3)c3cc(Cl)ccc3[nH]c2=O)C1)N1CCCC1. The van der Waals surface area contributed by atoms with Gasteiger partial charge in [0.15, 0.2) is 0 Å². The van der Waals surface area contributed by atoms with Crippen molar-refractivity contribution in [3.05, 3.63) is 63.9 Å². The number of likely N-dealkylation sites (tertiary alicyclic amines) is 1. The summed E-state index contributed by atoms with van der Waals surface area (Å²) in [7, 11) is 0. The first kappa shape index (κ1) is 20.1. The maximum absolute atomic E-state index is 13.3. The van der Waals surface area contributed by atoms with Crippen molar-refractivity contribution in [3.8, 4) is 11.1 Å². The fourth-order valence-electron chi connectivity index (χ4n) is 5.03. The second kappa shape index (κ2) is 8.39. The molecule has 1 N–H and O–H groups in total. The van der Waals surface area contributed by atoms with Crippen molar-refractivity contribution in [2.45, 2.75) is 25.7 Å². The van der Waals surface area contributed by atoms with Crippen LogP contribution < -0.4 is 10.5 Å². The number of anilines is 1. The van der Waals surface area contributed by atoms with Gasteiger partial charge in [-0.1, -0.05) is 41.9 Å². The number of carbonyl (C=O) groups excluding carboxylic acids is 1. The van der Waals surface area contributed by atoms with E-state index >= 15 is 0 Å². The molecule has 1 amide bonds. The van der Waals surface area contributed by atoms with E-state index in [1.165, 1.54) is 0 Å². The van der Waals surface area contributed by atoms with Crippen molar-refractivity contribution in [2.24, 2.45) is 5.92 Å². The van der Waals surface area contributed by atoms with Gasteiger partial charge in [0.25, 0.3) is 5.56 Å². The number of piperidine rings is 1. The van der Waals surface area contributed by atoms with Crippen molar-refractivity contribution in [2.75, 3.05) is 31.1 Å². The fourth-order valence-corrected chi connectivity index (χ4v) is 5.20. The minimum absolute atomic E-state index is 0.0649.